The molecule has 11 aromatic carbocycles. The second-order valence-electron chi connectivity index (χ2n) is 16.7. The van der Waals surface area contributed by atoms with Crippen LogP contribution in [0.2, 0.25) is 0 Å². The molecule has 3 heterocycles. The highest BCUT2D eigenvalue weighted by molar-refractivity contribution is 14.1. The normalized spacial score (nSPS) is 11.0. The van der Waals surface area contributed by atoms with Gasteiger partial charge >= 0.3 is 7.12 Å². The van der Waals surface area contributed by atoms with E-state index in [0.717, 1.165) is 68.4 Å². The SMILES string of the molecule is Brc1ccc2c(c1)oc1ccc3ccccc3c12.Brc1cccc(-c2ccc3c(c2)oc2ccc4ccccc4c23)c1.Brc1cccc(I)c1.C.C.OB(O)c1ccc2c(c1)oc1ccc3ccccc3c12.[H-]. The summed E-state index contributed by atoms with van der Waals surface area (Å²) in [5.41, 5.74) is 7.99. The van der Waals surface area contributed by atoms with Crippen molar-refractivity contribution in [1.82, 2.24) is 0 Å². The van der Waals surface area contributed by atoms with Gasteiger partial charge in [-0.15, -0.1) is 0 Å². The van der Waals surface area contributed by atoms with Crippen molar-refractivity contribution in [2.45, 2.75) is 14.9 Å². The minimum Gasteiger partial charge on any atom is -1.00 e. The highest BCUT2D eigenvalue weighted by atomic mass is 127. The van der Waals surface area contributed by atoms with Crippen molar-refractivity contribution in [3.63, 3.8) is 0 Å². The Morgan fingerprint density at radius 3 is 1.24 bits per heavy atom. The summed E-state index contributed by atoms with van der Waals surface area (Å²) in [4.78, 5) is 0. The van der Waals surface area contributed by atoms with Crippen LogP contribution >= 0.6 is 70.4 Å². The van der Waals surface area contributed by atoms with Crippen LogP contribution in [-0.4, -0.2) is 17.2 Å². The van der Waals surface area contributed by atoms with E-state index in [1.165, 1.54) is 52.2 Å². The van der Waals surface area contributed by atoms with E-state index in [4.69, 9.17) is 13.3 Å². The molecule has 0 aliphatic rings. The lowest BCUT2D eigenvalue weighted by atomic mass is 9.80. The molecule has 0 unspecified atom stereocenters. The molecule has 0 aliphatic carbocycles. The molecule has 0 atom stereocenters. The van der Waals surface area contributed by atoms with E-state index in [2.05, 4.69) is 210 Å². The van der Waals surface area contributed by atoms with E-state index in [1.807, 2.05) is 60.7 Å². The molecule has 14 rings (SSSR count). The van der Waals surface area contributed by atoms with Crippen molar-refractivity contribution in [2.24, 2.45) is 0 Å². The van der Waals surface area contributed by atoms with Gasteiger partial charge in [0.25, 0.3) is 0 Å². The van der Waals surface area contributed by atoms with Crippen LogP contribution in [0.5, 0.6) is 0 Å². The molecule has 0 saturated carbocycles. The molecule has 0 fully saturated rings. The van der Waals surface area contributed by atoms with Crippen LogP contribution in [0.1, 0.15) is 16.3 Å². The van der Waals surface area contributed by atoms with E-state index in [9.17, 15) is 10.0 Å². The Morgan fingerprint density at radius 1 is 0.347 bits per heavy atom. The van der Waals surface area contributed by atoms with Gasteiger partial charge < -0.3 is 24.7 Å². The second kappa shape index (κ2) is 21.9. The van der Waals surface area contributed by atoms with Crippen molar-refractivity contribution in [3.05, 3.63) is 229 Å². The molecular formula is C62H46BBr3IO5-. The summed E-state index contributed by atoms with van der Waals surface area (Å²) in [5, 5.41) is 32.6. The predicted molar refractivity (Wildman–Crippen MR) is 326 cm³/mol. The van der Waals surface area contributed by atoms with Gasteiger partial charge in [-0.3, -0.25) is 0 Å². The summed E-state index contributed by atoms with van der Waals surface area (Å²) >= 11 is 12.7. The fraction of sp³-hybridized carbons (Fsp3) is 0.0323. The lowest BCUT2D eigenvalue weighted by Crippen LogP contribution is -2.29. The number of benzene rings is 11. The number of furan rings is 3. The third-order valence-electron chi connectivity index (χ3n) is 12.3. The molecule has 72 heavy (non-hydrogen) atoms. The summed E-state index contributed by atoms with van der Waals surface area (Å²) in [6.45, 7) is 0. The molecule has 0 spiro atoms. The van der Waals surface area contributed by atoms with Crippen LogP contribution in [0.4, 0.5) is 0 Å². The number of hydrogen-bond donors (Lipinski definition) is 2. The Labute approximate surface area is 457 Å². The molecule has 3 aromatic heterocycles. The van der Waals surface area contributed by atoms with Crippen molar-refractivity contribution in [3.8, 4) is 11.1 Å². The van der Waals surface area contributed by atoms with Crippen LogP contribution in [0.15, 0.2) is 239 Å². The Bertz CT molecular complexity index is 4250. The fourth-order valence-electron chi connectivity index (χ4n) is 9.10. The monoisotopic (exact) mass is 1250 g/mol. The van der Waals surface area contributed by atoms with Gasteiger partial charge in [0.1, 0.15) is 33.5 Å². The lowest BCUT2D eigenvalue weighted by molar-refractivity contribution is 0.425. The standard InChI is InChI=1S/C22H13BrO.C16H11BO3.C16H9BrO.C6H4BrI.2CH4.H/c23-17-6-3-5-15(12-17)16-8-10-19-21(13-16)24-20-11-9-14-4-1-2-7-18(14)22(19)20;18-17(19)11-6-7-13-15(9-11)20-14-8-5-10-3-1-2-4-12(10)16(13)14;17-11-6-7-13-15(9-11)18-14-8-5-10-3-1-2-4-12(10)16(13)14;7-5-2-1-3-6(8)4-5;;;/h1-13H;1-9,18-19H;1-9H;1-4H;2*1H4;/q;;;;;;-1. The molecular weight excluding hydrogens is 1200 g/mol. The highest BCUT2D eigenvalue weighted by Crippen LogP contribution is 2.38. The van der Waals surface area contributed by atoms with Gasteiger partial charge in [-0.2, -0.15) is 0 Å². The van der Waals surface area contributed by atoms with Crippen molar-refractivity contribution >= 4 is 181 Å². The Hall–Kier alpha value is -6.25. The highest BCUT2D eigenvalue weighted by Gasteiger charge is 2.16. The second-order valence-corrected chi connectivity index (χ2v) is 20.7. The van der Waals surface area contributed by atoms with Gasteiger partial charge in [0.05, 0.1) is 0 Å². The molecule has 356 valence electrons. The first kappa shape index (κ1) is 50.7. The van der Waals surface area contributed by atoms with Gasteiger partial charge in [-0.25, -0.2) is 0 Å². The van der Waals surface area contributed by atoms with Crippen LogP contribution in [0, 0.1) is 3.57 Å². The van der Waals surface area contributed by atoms with E-state index >= 15 is 0 Å². The van der Waals surface area contributed by atoms with Gasteiger partial charge in [-0.1, -0.05) is 190 Å². The fourth-order valence-corrected chi connectivity index (χ4v) is 11.2. The molecule has 0 radical (unpaired) electrons. The number of halogens is 4. The quantitative estimate of drug-likeness (QED) is 0.133. The van der Waals surface area contributed by atoms with E-state index in [0.29, 0.717) is 11.0 Å². The summed E-state index contributed by atoms with van der Waals surface area (Å²) in [5.74, 6) is 0. The predicted octanol–water partition coefficient (Wildman–Crippen LogP) is 19.5. The summed E-state index contributed by atoms with van der Waals surface area (Å²) in [6.07, 6.45) is 0. The first-order chi connectivity index (χ1) is 34.1. The first-order valence-corrected chi connectivity index (χ1v) is 25.8. The zero-order chi connectivity index (χ0) is 47.9. The molecule has 10 heteroatoms. The lowest BCUT2D eigenvalue weighted by Gasteiger charge is -2.02. The van der Waals surface area contributed by atoms with E-state index in [-0.39, 0.29) is 16.3 Å². The molecule has 0 bridgehead atoms. The minimum atomic E-state index is -1.48. The number of hydrogen-bond acceptors (Lipinski definition) is 5. The molecule has 0 aliphatic heterocycles. The Balaban J connectivity index is 0.000000134. The topological polar surface area (TPSA) is 79.9 Å². The van der Waals surface area contributed by atoms with Crippen LogP contribution in [0.25, 0.3) is 109 Å². The van der Waals surface area contributed by atoms with Gasteiger partial charge in [0.2, 0.25) is 0 Å². The zero-order valence-electron chi connectivity index (χ0n) is 37.9. The van der Waals surface area contributed by atoms with Gasteiger partial charge in [0, 0.05) is 49.3 Å². The van der Waals surface area contributed by atoms with Gasteiger partial charge in [-0.05, 0) is 156 Å². The van der Waals surface area contributed by atoms with Crippen molar-refractivity contribution in [2.75, 3.05) is 0 Å². The summed E-state index contributed by atoms with van der Waals surface area (Å²) in [6, 6.07) is 71.8. The summed E-state index contributed by atoms with van der Waals surface area (Å²) in [7, 11) is -1.48. The largest absolute Gasteiger partial charge is 1.00 e. The molecule has 0 amide bonds. The van der Waals surface area contributed by atoms with E-state index in [1.54, 1.807) is 12.1 Å². The first-order valence-electron chi connectivity index (χ1n) is 22.4. The average molecular weight is 1250 g/mol. The van der Waals surface area contributed by atoms with E-state index < -0.39 is 7.12 Å². The maximum absolute atomic E-state index is 9.24. The van der Waals surface area contributed by atoms with Crippen LogP contribution < -0.4 is 5.46 Å². The van der Waals surface area contributed by atoms with Crippen LogP contribution in [0.3, 0.4) is 0 Å². The molecule has 2 N–H and O–H groups in total. The number of rotatable bonds is 2. The maximum atomic E-state index is 9.24. The third kappa shape index (κ3) is 10.2. The zero-order valence-corrected chi connectivity index (χ0v) is 43.8. The Kier molecular flexibility index (Phi) is 15.4. The molecule has 0 saturated heterocycles. The average Bonchev–Trinajstić information content (AvgIpc) is 4.08. The summed E-state index contributed by atoms with van der Waals surface area (Å²) < 4.78 is 22.4. The minimum absolute atomic E-state index is 0. The van der Waals surface area contributed by atoms with Crippen molar-refractivity contribution < 1.29 is 24.7 Å². The number of fused-ring (bicyclic) bond motifs is 15. The maximum Gasteiger partial charge on any atom is 0.488 e. The van der Waals surface area contributed by atoms with Crippen molar-refractivity contribution in [1.29, 1.82) is 0 Å². The van der Waals surface area contributed by atoms with Crippen LogP contribution in [-0.2, 0) is 0 Å². The van der Waals surface area contributed by atoms with Gasteiger partial charge in [0.15, 0.2) is 0 Å². The Morgan fingerprint density at radius 2 is 0.764 bits per heavy atom. The molecule has 5 nitrogen and oxygen atoms in total. The third-order valence-corrected chi connectivity index (χ3v) is 14.5. The smallest absolute Gasteiger partial charge is 0.488 e. The molecule has 14 aromatic rings.